The van der Waals surface area contributed by atoms with Crippen LogP contribution in [-0.2, 0) is 17.9 Å². The molecule has 0 spiro atoms. The Kier molecular flexibility index (Phi) is 5.11. The predicted molar refractivity (Wildman–Crippen MR) is 115 cm³/mol. The zero-order valence-electron chi connectivity index (χ0n) is 15.6. The Bertz CT molecular complexity index is 1180. The van der Waals surface area contributed by atoms with Gasteiger partial charge >= 0.3 is 0 Å². The molecule has 0 unspecified atom stereocenters. The number of thiophene rings is 2. The van der Waals surface area contributed by atoms with Gasteiger partial charge < -0.3 is 4.90 Å². The Morgan fingerprint density at radius 3 is 2.68 bits per heavy atom. The molecule has 0 aliphatic heterocycles. The molecule has 5 nitrogen and oxygen atoms in total. The zero-order chi connectivity index (χ0) is 19.7. The number of aryl methyl sites for hydroxylation is 1. The maximum atomic E-state index is 13.2. The minimum Gasteiger partial charge on any atom is -0.339 e. The van der Waals surface area contributed by atoms with Gasteiger partial charge in [0.1, 0.15) is 11.4 Å². The maximum Gasteiger partial charge on any atom is 0.263 e. The van der Waals surface area contributed by atoms with Crippen LogP contribution in [-0.4, -0.2) is 27.4 Å². The van der Waals surface area contributed by atoms with E-state index in [2.05, 4.69) is 4.98 Å². The van der Waals surface area contributed by atoms with Crippen LogP contribution in [0.2, 0.25) is 0 Å². The van der Waals surface area contributed by atoms with E-state index < -0.39 is 0 Å². The van der Waals surface area contributed by atoms with E-state index in [-0.39, 0.29) is 18.0 Å². The third kappa shape index (κ3) is 3.50. The number of benzene rings is 1. The van der Waals surface area contributed by atoms with Crippen LogP contribution in [0.15, 0.2) is 59.0 Å². The van der Waals surface area contributed by atoms with Gasteiger partial charge in [-0.25, -0.2) is 4.98 Å². The summed E-state index contributed by atoms with van der Waals surface area (Å²) in [6.45, 7) is 2.51. The molecular weight excluding hydrogens is 390 g/mol. The van der Waals surface area contributed by atoms with E-state index in [9.17, 15) is 9.59 Å². The van der Waals surface area contributed by atoms with Crippen molar-refractivity contribution in [2.45, 2.75) is 20.0 Å². The van der Waals surface area contributed by atoms with Gasteiger partial charge in [-0.05, 0) is 23.9 Å². The summed E-state index contributed by atoms with van der Waals surface area (Å²) in [6, 6.07) is 13.8. The average molecular weight is 410 g/mol. The lowest BCUT2D eigenvalue weighted by molar-refractivity contribution is -0.131. The van der Waals surface area contributed by atoms with Crippen LogP contribution in [0.3, 0.4) is 0 Å². The number of nitrogens with zero attached hydrogens (tertiary/aromatic N) is 3. The highest BCUT2D eigenvalue weighted by molar-refractivity contribution is 7.19. The quantitative estimate of drug-likeness (QED) is 0.497. The first-order valence-corrected chi connectivity index (χ1v) is 10.5. The normalized spacial score (nSPS) is 11.1. The Morgan fingerprint density at radius 2 is 1.96 bits per heavy atom. The lowest BCUT2D eigenvalue weighted by Crippen LogP contribution is -2.33. The van der Waals surface area contributed by atoms with E-state index in [1.54, 1.807) is 23.3 Å². The minimum absolute atomic E-state index is 0.0211. The molecule has 1 aromatic carbocycles. The third-order valence-corrected chi connectivity index (χ3v) is 6.50. The van der Waals surface area contributed by atoms with Crippen LogP contribution in [0.5, 0.6) is 0 Å². The van der Waals surface area contributed by atoms with E-state index in [1.165, 1.54) is 22.2 Å². The summed E-state index contributed by atoms with van der Waals surface area (Å²) in [7, 11) is 1.75. The summed E-state index contributed by atoms with van der Waals surface area (Å²) in [5.74, 6) is -0.120. The number of carbonyl (C=O) groups is 1. The van der Waals surface area contributed by atoms with Crippen LogP contribution in [0.1, 0.15) is 9.75 Å². The fourth-order valence-corrected chi connectivity index (χ4v) is 4.95. The first-order valence-electron chi connectivity index (χ1n) is 8.85. The van der Waals surface area contributed by atoms with Crippen LogP contribution in [0, 0.1) is 6.92 Å². The van der Waals surface area contributed by atoms with Crippen molar-refractivity contribution >= 4 is 38.8 Å². The number of fused-ring (bicyclic) bond motifs is 1. The molecule has 0 radical (unpaired) electrons. The standard InChI is InChI=1S/C21H19N3O2S2/c1-14-18(15-7-4-3-5-8-15)19-20(28-14)22-13-24(21(19)26)12-17(25)23(2)11-16-9-6-10-27-16/h3-10,13H,11-12H2,1-2H3. The summed E-state index contributed by atoms with van der Waals surface area (Å²) < 4.78 is 1.41. The Labute approximate surface area is 170 Å². The maximum absolute atomic E-state index is 13.2. The van der Waals surface area contributed by atoms with Gasteiger partial charge in [-0.1, -0.05) is 36.4 Å². The highest BCUT2D eigenvalue weighted by Gasteiger charge is 2.18. The van der Waals surface area contributed by atoms with Gasteiger partial charge in [-0.15, -0.1) is 22.7 Å². The Hall–Kier alpha value is -2.77. The number of hydrogen-bond donors (Lipinski definition) is 0. The van der Waals surface area contributed by atoms with Crippen molar-refractivity contribution in [2.75, 3.05) is 7.05 Å². The van der Waals surface area contributed by atoms with Crippen LogP contribution in [0.25, 0.3) is 21.3 Å². The van der Waals surface area contributed by atoms with E-state index in [0.717, 1.165) is 20.9 Å². The van der Waals surface area contributed by atoms with Gasteiger partial charge in [0.15, 0.2) is 0 Å². The molecule has 3 heterocycles. The molecule has 0 N–H and O–H groups in total. The summed E-state index contributed by atoms with van der Waals surface area (Å²) >= 11 is 3.11. The van der Waals surface area contributed by atoms with E-state index in [1.807, 2.05) is 54.8 Å². The molecule has 0 atom stereocenters. The second-order valence-electron chi connectivity index (χ2n) is 6.59. The van der Waals surface area contributed by atoms with Gasteiger partial charge in [-0.3, -0.25) is 14.2 Å². The van der Waals surface area contributed by atoms with Crippen molar-refractivity contribution in [3.05, 3.63) is 74.3 Å². The lowest BCUT2D eigenvalue weighted by atomic mass is 10.0. The largest absolute Gasteiger partial charge is 0.339 e. The molecular formula is C21H19N3O2S2. The zero-order valence-corrected chi connectivity index (χ0v) is 17.2. The third-order valence-electron chi connectivity index (χ3n) is 4.62. The summed E-state index contributed by atoms with van der Waals surface area (Å²) in [5, 5.41) is 2.57. The van der Waals surface area contributed by atoms with Gasteiger partial charge in [0.2, 0.25) is 5.91 Å². The number of hydrogen-bond acceptors (Lipinski definition) is 5. The molecule has 3 aromatic heterocycles. The topological polar surface area (TPSA) is 55.2 Å². The molecule has 7 heteroatoms. The lowest BCUT2D eigenvalue weighted by Gasteiger charge is -2.17. The van der Waals surface area contributed by atoms with E-state index in [0.29, 0.717) is 16.8 Å². The number of rotatable bonds is 5. The van der Waals surface area contributed by atoms with Crippen molar-refractivity contribution in [1.29, 1.82) is 0 Å². The van der Waals surface area contributed by atoms with Crippen molar-refractivity contribution in [3.8, 4) is 11.1 Å². The van der Waals surface area contributed by atoms with Gasteiger partial charge in [0.05, 0.1) is 18.3 Å². The molecule has 0 aliphatic rings. The number of likely N-dealkylation sites (N-methyl/N-ethyl adjacent to an activating group) is 1. The second-order valence-corrected chi connectivity index (χ2v) is 8.82. The smallest absolute Gasteiger partial charge is 0.263 e. The molecule has 1 amide bonds. The molecule has 28 heavy (non-hydrogen) atoms. The Balaban J connectivity index is 1.68. The monoisotopic (exact) mass is 409 g/mol. The molecule has 0 saturated heterocycles. The molecule has 142 valence electrons. The van der Waals surface area contributed by atoms with Gasteiger partial charge in [0.25, 0.3) is 5.56 Å². The van der Waals surface area contributed by atoms with Crippen molar-refractivity contribution in [2.24, 2.45) is 0 Å². The molecule has 4 aromatic rings. The van der Waals surface area contributed by atoms with E-state index >= 15 is 0 Å². The number of aromatic nitrogens is 2. The molecule has 0 aliphatic carbocycles. The first-order chi connectivity index (χ1) is 13.5. The summed E-state index contributed by atoms with van der Waals surface area (Å²) in [4.78, 5) is 34.8. The molecule has 4 rings (SSSR count). The number of carbonyl (C=O) groups excluding carboxylic acids is 1. The summed E-state index contributed by atoms with van der Waals surface area (Å²) in [6.07, 6.45) is 1.48. The van der Waals surface area contributed by atoms with Gasteiger partial charge in [0, 0.05) is 22.4 Å². The van der Waals surface area contributed by atoms with E-state index in [4.69, 9.17) is 0 Å². The van der Waals surface area contributed by atoms with Crippen LogP contribution >= 0.6 is 22.7 Å². The Morgan fingerprint density at radius 1 is 1.18 bits per heavy atom. The van der Waals surface area contributed by atoms with Crippen LogP contribution < -0.4 is 5.56 Å². The van der Waals surface area contributed by atoms with Crippen molar-refractivity contribution < 1.29 is 4.79 Å². The highest BCUT2D eigenvalue weighted by atomic mass is 32.1. The molecule has 0 saturated carbocycles. The van der Waals surface area contributed by atoms with Crippen molar-refractivity contribution in [3.63, 3.8) is 0 Å². The van der Waals surface area contributed by atoms with Crippen molar-refractivity contribution in [1.82, 2.24) is 14.5 Å². The molecule has 0 bridgehead atoms. The average Bonchev–Trinajstić information content (AvgIpc) is 3.32. The summed E-state index contributed by atoms with van der Waals surface area (Å²) in [5.41, 5.74) is 1.72. The highest BCUT2D eigenvalue weighted by Crippen LogP contribution is 2.35. The predicted octanol–water partition coefficient (Wildman–Crippen LogP) is 4.15. The minimum atomic E-state index is -0.175. The fourth-order valence-electron chi connectivity index (χ4n) is 3.19. The fraction of sp³-hybridized carbons (Fsp3) is 0.190. The SMILES string of the molecule is Cc1sc2ncn(CC(=O)N(C)Cc3cccs3)c(=O)c2c1-c1ccccc1. The van der Waals surface area contributed by atoms with Crippen LogP contribution in [0.4, 0.5) is 0 Å². The second kappa shape index (κ2) is 7.69. The van der Waals surface area contributed by atoms with Gasteiger partial charge in [-0.2, -0.15) is 0 Å². The number of amides is 1. The molecule has 0 fully saturated rings. The first kappa shape index (κ1) is 18.6.